The Morgan fingerprint density at radius 3 is 2.67 bits per heavy atom. The number of hydrogen-bond acceptors (Lipinski definition) is 3. The van der Waals surface area contributed by atoms with Gasteiger partial charge >= 0.3 is 0 Å². The molecule has 1 saturated heterocycles. The molecule has 2 rings (SSSR count). The van der Waals surface area contributed by atoms with Crippen molar-refractivity contribution in [1.29, 1.82) is 0 Å². The van der Waals surface area contributed by atoms with E-state index in [1.54, 1.807) is 0 Å². The smallest absolute Gasteiger partial charge is 0.240 e. The fraction of sp³-hybridized carbons (Fsp3) is 0.824. The number of rotatable bonds is 5. The molecule has 1 fully saturated rings. The molecule has 0 aromatic heterocycles. The van der Waals surface area contributed by atoms with Crippen molar-refractivity contribution in [2.24, 2.45) is 11.7 Å². The van der Waals surface area contributed by atoms with Crippen LogP contribution in [-0.4, -0.2) is 47.9 Å². The fourth-order valence-corrected chi connectivity index (χ4v) is 3.52. The first-order valence-corrected chi connectivity index (χ1v) is 8.59. The molecule has 1 unspecified atom stereocenters. The summed E-state index contributed by atoms with van der Waals surface area (Å²) in [5.74, 6) is 0.893. The minimum absolute atomic E-state index is 0.268. The van der Waals surface area contributed by atoms with Gasteiger partial charge < -0.3 is 10.6 Å². The fourth-order valence-electron chi connectivity index (χ4n) is 3.52. The van der Waals surface area contributed by atoms with Crippen molar-refractivity contribution >= 4 is 5.91 Å². The summed E-state index contributed by atoms with van der Waals surface area (Å²) < 4.78 is 0. The molecule has 4 nitrogen and oxygen atoms in total. The van der Waals surface area contributed by atoms with Gasteiger partial charge in [-0.3, -0.25) is 9.69 Å². The van der Waals surface area contributed by atoms with Crippen molar-refractivity contribution in [3.05, 3.63) is 11.8 Å². The zero-order valence-corrected chi connectivity index (χ0v) is 13.7. The monoisotopic (exact) mass is 293 g/mol. The third-order valence-corrected chi connectivity index (χ3v) is 4.97. The van der Waals surface area contributed by atoms with E-state index in [9.17, 15) is 4.79 Å². The highest BCUT2D eigenvalue weighted by Crippen LogP contribution is 2.22. The van der Waals surface area contributed by atoms with Gasteiger partial charge in [0, 0.05) is 18.3 Å². The van der Waals surface area contributed by atoms with E-state index < -0.39 is 0 Å². The third kappa shape index (κ3) is 4.55. The van der Waals surface area contributed by atoms with E-state index in [0.717, 1.165) is 45.3 Å². The lowest BCUT2D eigenvalue weighted by atomic mass is 9.91. The summed E-state index contributed by atoms with van der Waals surface area (Å²) in [6, 6.07) is 0.280. The molecule has 1 atom stereocenters. The van der Waals surface area contributed by atoms with Gasteiger partial charge in [0.2, 0.25) is 5.91 Å². The first kappa shape index (κ1) is 16.5. The van der Waals surface area contributed by atoms with Crippen LogP contribution in [0.4, 0.5) is 0 Å². The molecule has 0 aromatic carbocycles. The summed E-state index contributed by atoms with van der Waals surface area (Å²) in [5, 5.41) is 0. The van der Waals surface area contributed by atoms with Gasteiger partial charge in [-0.15, -0.1) is 0 Å². The van der Waals surface area contributed by atoms with Crippen LogP contribution >= 0.6 is 0 Å². The molecule has 1 aliphatic carbocycles. The van der Waals surface area contributed by atoms with Crippen molar-refractivity contribution in [3.63, 3.8) is 0 Å². The van der Waals surface area contributed by atoms with Crippen LogP contribution < -0.4 is 5.73 Å². The molecule has 1 amide bonds. The summed E-state index contributed by atoms with van der Waals surface area (Å²) in [5.41, 5.74) is 7.23. The molecule has 21 heavy (non-hydrogen) atoms. The van der Waals surface area contributed by atoms with Crippen LogP contribution in [0.15, 0.2) is 11.8 Å². The molecule has 4 heteroatoms. The third-order valence-electron chi connectivity index (χ3n) is 4.97. The van der Waals surface area contributed by atoms with Gasteiger partial charge in [-0.1, -0.05) is 6.08 Å². The normalized spacial score (nSPS) is 22.7. The van der Waals surface area contributed by atoms with Crippen LogP contribution in [0.2, 0.25) is 0 Å². The molecule has 0 bridgehead atoms. The Morgan fingerprint density at radius 1 is 1.43 bits per heavy atom. The molecule has 0 saturated carbocycles. The van der Waals surface area contributed by atoms with Crippen molar-refractivity contribution < 1.29 is 4.79 Å². The molecule has 120 valence electrons. The van der Waals surface area contributed by atoms with Gasteiger partial charge in [-0.25, -0.2) is 0 Å². The first-order chi connectivity index (χ1) is 10.1. The minimum Gasteiger partial charge on any atom is -0.328 e. The van der Waals surface area contributed by atoms with Gasteiger partial charge in [-0.05, 0) is 71.4 Å². The van der Waals surface area contributed by atoms with E-state index in [2.05, 4.69) is 24.8 Å². The highest BCUT2D eigenvalue weighted by molar-refractivity contribution is 5.80. The highest BCUT2D eigenvalue weighted by Gasteiger charge is 2.25. The topological polar surface area (TPSA) is 49.6 Å². The van der Waals surface area contributed by atoms with Crippen LogP contribution in [0.5, 0.6) is 0 Å². The van der Waals surface area contributed by atoms with E-state index in [1.807, 2.05) is 4.90 Å². The molecular weight excluding hydrogens is 262 g/mol. The van der Waals surface area contributed by atoms with E-state index in [-0.39, 0.29) is 11.9 Å². The maximum Gasteiger partial charge on any atom is 0.240 e. The van der Waals surface area contributed by atoms with E-state index in [1.165, 1.54) is 18.5 Å². The predicted molar refractivity (Wildman–Crippen MR) is 86.8 cm³/mol. The molecule has 2 aliphatic rings. The van der Waals surface area contributed by atoms with Crippen LogP contribution in [0.3, 0.4) is 0 Å². The SMILES string of the molecule is CCN(C(=O)CN1CCC(C(C)N)CC1)C1=CCCCC1. The van der Waals surface area contributed by atoms with Crippen LogP contribution in [0, 0.1) is 5.92 Å². The molecule has 2 N–H and O–H groups in total. The average molecular weight is 293 g/mol. The molecule has 1 heterocycles. The van der Waals surface area contributed by atoms with Gasteiger partial charge in [0.05, 0.1) is 6.54 Å². The number of nitrogens with zero attached hydrogens (tertiary/aromatic N) is 2. The number of carbonyl (C=O) groups excluding carboxylic acids is 1. The number of piperidine rings is 1. The van der Waals surface area contributed by atoms with Gasteiger partial charge in [-0.2, -0.15) is 0 Å². The number of likely N-dealkylation sites (tertiary alicyclic amines) is 1. The predicted octanol–water partition coefficient (Wildman–Crippen LogP) is 2.35. The maximum absolute atomic E-state index is 12.6. The summed E-state index contributed by atoms with van der Waals surface area (Å²) in [7, 11) is 0. The maximum atomic E-state index is 12.6. The zero-order valence-electron chi connectivity index (χ0n) is 13.7. The number of allylic oxidation sites excluding steroid dienone is 2. The second-order valence-corrected chi connectivity index (χ2v) is 6.55. The Morgan fingerprint density at radius 2 is 2.14 bits per heavy atom. The Balaban J connectivity index is 1.84. The summed E-state index contributed by atoms with van der Waals surface area (Å²) >= 11 is 0. The molecule has 1 aliphatic heterocycles. The van der Waals surface area contributed by atoms with Crippen LogP contribution in [-0.2, 0) is 4.79 Å². The molecular formula is C17H31N3O. The Hall–Kier alpha value is -0.870. The zero-order chi connectivity index (χ0) is 15.2. The summed E-state index contributed by atoms with van der Waals surface area (Å²) in [6.07, 6.45) is 9.17. The largest absolute Gasteiger partial charge is 0.328 e. The summed E-state index contributed by atoms with van der Waals surface area (Å²) in [6.45, 7) is 7.55. The number of nitrogens with two attached hydrogens (primary N) is 1. The second kappa shape index (κ2) is 7.95. The highest BCUT2D eigenvalue weighted by atomic mass is 16.2. The second-order valence-electron chi connectivity index (χ2n) is 6.55. The van der Waals surface area contributed by atoms with Crippen molar-refractivity contribution in [2.45, 2.75) is 58.4 Å². The van der Waals surface area contributed by atoms with Crippen molar-refractivity contribution in [1.82, 2.24) is 9.80 Å². The molecule has 0 aromatic rings. The van der Waals surface area contributed by atoms with Gasteiger partial charge in [0.1, 0.15) is 0 Å². The minimum atomic E-state index is 0.268. The molecule has 0 radical (unpaired) electrons. The lowest BCUT2D eigenvalue weighted by Gasteiger charge is -2.35. The van der Waals surface area contributed by atoms with Gasteiger partial charge in [0.15, 0.2) is 0 Å². The standard InChI is InChI=1S/C17H31N3O/c1-3-20(16-7-5-4-6-8-16)17(21)13-19-11-9-15(10-12-19)14(2)18/h7,14-15H,3-6,8-13,18H2,1-2H3. The number of hydrogen-bond donors (Lipinski definition) is 1. The van der Waals surface area contributed by atoms with E-state index in [4.69, 9.17) is 5.73 Å². The van der Waals surface area contributed by atoms with Crippen LogP contribution in [0.25, 0.3) is 0 Å². The first-order valence-electron chi connectivity index (χ1n) is 8.59. The molecule has 0 spiro atoms. The van der Waals surface area contributed by atoms with Crippen molar-refractivity contribution in [2.75, 3.05) is 26.2 Å². The average Bonchev–Trinajstić information content (AvgIpc) is 2.49. The number of likely N-dealkylation sites (N-methyl/N-ethyl adjacent to an activating group) is 1. The van der Waals surface area contributed by atoms with Gasteiger partial charge in [0.25, 0.3) is 0 Å². The van der Waals surface area contributed by atoms with E-state index in [0.29, 0.717) is 12.5 Å². The quantitative estimate of drug-likeness (QED) is 0.846. The lowest BCUT2D eigenvalue weighted by molar-refractivity contribution is -0.130. The number of amides is 1. The Bertz CT molecular complexity index is 370. The Labute approximate surface area is 129 Å². The lowest BCUT2D eigenvalue weighted by Crippen LogP contribution is -2.45. The number of carbonyl (C=O) groups is 1. The van der Waals surface area contributed by atoms with Crippen molar-refractivity contribution in [3.8, 4) is 0 Å². The van der Waals surface area contributed by atoms with Crippen LogP contribution in [0.1, 0.15) is 52.4 Å². The summed E-state index contributed by atoms with van der Waals surface area (Å²) in [4.78, 5) is 16.9. The van der Waals surface area contributed by atoms with E-state index >= 15 is 0 Å². The Kier molecular flexibility index (Phi) is 6.24.